The number of benzene rings is 6. The van der Waals surface area contributed by atoms with E-state index in [2.05, 4.69) is 44.2 Å². The van der Waals surface area contributed by atoms with Gasteiger partial charge in [0.2, 0.25) is 0 Å². The summed E-state index contributed by atoms with van der Waals surface area (Å²) in [6.07, 6.45) is 4.75. The third kappa shape index (κ3) is 16.6. The number of hydrogen-bond donors (Lipinski definition) is 0. The normalized spacial score (nSPS) is 13.0. The maximum atomic E-state index is 14.3. The Labute approximate surface area is 455 Å². The molecule has 0 aliphatic carbocycles. The standard InChI is InChI=1S/C21H19FN.C20H17FN.2C11H8N.2Ir/c1-15(2)12-19-13-17(8-9-20(19)22)18-10-11-23-21(14-18)16-6-4-3-5-7-16;1-14(2)18-12-16(8-9-19(18)21)17-10-11-22-20(13-17)15-6-4-3-5-7-15;2*1-2-6-10(7-3-1)11-8-4-5-9-12-11;;/h3-6,8-11,13-15H,12H2,1-2H3;3-6,8-14H,1-2H3;2*1-6,8-9H;;/q4*-1;;/i12D2,15D;1D3,14D;;;;. The fourth-order valence-electron chi connectivity index (χ4n) is 6.83. The minimum absolute atomic E-state index is 0. The van der Waals surface area contributed by atoms with Gasteiger partial charge >= 0.3 is 0 Å². The van der Waals surface area contributed by atoms with E-state index in [0.717, 1.165) is 50.5 Å². The Morgan fingerprint density at radius 1 is 0.451 bits per heavy atom. The van der Waals surface area contributed by atoms with E-state index in [1.54, 1.807) is 55.1 Å². The maximum Gasteiger partial charge on any atom is 0.126 e. The van der Waals surface area contributed by atoms with Crippen LogP contribution in [0, 0.1) is 41.8 Å². The predicted molar refractivity (Wildman–Crippen MR) is 277 cm³/mol. The van der Waals surface area contributed by atoms with Gasteiger partial charge in [0.25, 0.3) is 0 Å². The van der Waals surface area contributed by atoms with Crippen LogP contribution in [0.2, 0.25) is 0 Å². The molecule has 71 heavy (non-hydrogen) atoms. The Kier molecular flexibility index (Phi) is 18.3. The number of rotatable bonds is 9. The van der Waals surface area contributed by atoms with Gasteiger partial charge in [-0.2, -0.15) is 0 Å². The van der Waals surface area contributed by atoms with Gasteiger partial charge in [-0.1, -0.05) is 76.2 Å². The second-order valence-corrected chi connectivity index (χ2v) is 15.5. The van der Waals surface area contributed by atoms with Crippen LogP contribution >= 0.6 is 0 Å². The van der Waals surface area contributed by atoms with Crippen LogP contribution in [0.15, 0.2) is 219 Å². The van der Waals surface area contributed by atoms with Crippen LogP contribution < -0.4 is 0 Å². The SMILES string of the molecule is [2H]C(C)(C)C([2H])([2H])c1cc(-c2ccnc(-c3[c-]cccc3)c2)ccc1F.[2H]C([2H])([2H])C([2H])(C)c1cc(-c2ccnc(-c3[c-]cccc3)c2)ccc1F.[Ir].[Ir].[c-]1ccccc1-c1ccccn1.[c-]1ccccc1-c1ccccn1. The van der Waals surface area contributed by atoms with Crippen molar-refractivity contribution in [2.24, 2.45) is 5.89 Å². The average molecular weight is 1290 g/mol. The van der Waals surface area contributed by atoms with Crippen LogP contribution in [0.3, 0.4) is 0 Å². The maximum absolute atomic E-state index is 14.3. The molecule has 0 N–H and O–H groups in total. The second-order valence-electron chi connectivity index (χ2n) is 15.5. The largest absolute Gasteiger partial charge is 0.305 e. The fourth-order valence-corrected chi connectivity index (χ4v) is 6.83. The predicted octanol–water partition coefficient (Wildman–Crippen LogP) is 16.1. The van der Waals surface area contributed by atoms with E-state index in [1.807, 2.05) is 140 Å². The van der Waals surface area contributed by atoms with Gasteiger partial charge in [-0.05, 0) is 123 Å². The summed E-state index contributed by atoms with van der Waals surface area (Å²) in [5.74, 6) is -4.87. The van der Waals surface area contributed by atoms with Gasteiger partial charge in [-0.25, -0.2) is 8.78 Å². The molecule has 4 aromatic heterocycles. The summed E-state index contributed by atoms with van der Waals surface area (Å²) in [4.78, 5) is 17.1. The average Bonchev–Trinajstić information content (AvgIpc) is 3.46. The monoisotopic (exact) mass is 1300 g/mol. The van der Waals surface area contributed by atoms with E-state index < -0.39 is 36.6 Å². The minimum atomic E-state index is -2.64. The molecule has 1 atom stereocenters. The molecule has 360 valence electrons. The Hall–Kier alpha value is -6.92. The molecule has 0 aliphatic rings. The third-order valence-corrected chi connectivity index (χ3v) is 10.2. The number of aromatic nitrogens is 4. The van der Waals surface area contributed by atoms with Crippen LogP contribution in [0.5, 0.6) is 0 Å². The molecule has 4 heterocycles. The summed E-state index contributed by atoms with van der Waals surface area (Å²) in [6, 6.07) is 70.6. The first-order chi connectivity index (χ1) is 36.3. The van der Waals surface area contributed by atoms with Gasteiger partial charge in [0.15, 0.2) is 0 Å². The van der Waals surface area contributed by atoms with Crippen molar-refractivity contribution in [3.8, 4) is 67.3 Å². The molecule has 6 aromatic carbocycles. The van der Waals surface area contributed by atoms with Crippen molar-refractivity contribution in [2.75, 3.05) is 0 Å². The van der Waals surface area contributed by atoms with Crippen molar-refractivity contribution >= 4 is 0 Å². The van der Waals surface area contributed by atoms with Crippen molar-refractivity contribution in [3.63, 3.8) is 0 Å². The van der Waals surface area contributed by atoms with Gasteiger partial charge < -0.3 is 19.9 Å². The molecule has 4 nitrogen and oxygen atoms in total. The molecule has 0 aliphatic heterocycles. The van der Waals surface area contributed by atoms with Gasteiger partial charge in [-0.15, -0.1) is 144 Å². The summed E-state index contributed by atoms with van der Waals surface area (Å²) in [5.41, 5.74) is 9.73. The molecule has 8 heteroatoms. The summed E-state index contributed by atoms with van der Waals surface area (Å²) in [6.45, 7) is 1.44. The molecule has 10 rings (SSSR count). The molecule has 0 fully saturated rings. The third-order valence-electron chi connectivity index (χ3n) is 10.2. The van der Waals surface area contributed by atoms with Crippen LogP contribution in [0.4, 0.5) is 8.78 Å². The van der Waals surface area contributed by atoms with E-state index in [0.29, 0.717) is 16.8 Å². The van der Waals surface area contributed by atoms with Gasteiger partial charge in [0.1, 0.15) is 11.6 Å². The van der Waals surface area contributed by atoms with E-state index >= 15 is 0 Å². The smallest absolute Gasteiger partial charge is 0.126 e. The second kappa shape index (κ2) is 28.7. The van der Waals surface area contributed by atoms with Crippen LogP contribution in [-0.2, 0) is 46.6 Å². The topological polar surface area (TPSA) is 51.6 Å². The molecule has 0 spiro atoms. The molecular weight excluding hydrogens is 1240 g/mol. The molecule has 10 aromatic rings. The Morgan fingerprint density at radius 2 is 0.845 bits per heavy atom. The summed E-state index contributed by atoms with van der Waals surface area (Å²) < 4.78 is 83.9. The Balaban J connectivity index is 0.000000201. The van der Waals surface area contributed by atoms with Crippen LogP contribution in [-0.4, -0.2) is 19.9 Å². The molecule has 1 unspecified atom stereocenters. The number of pyridine rings is 4. The van der Waals surface area contributed by atoms with Gasteiger partial charge in [0.05, 0.1) is 0 Å². The van der Waals surface area contributed by atoms with Crippen LogP contribution in [0.25, 0.3) is 67.3 Å². The minimum Gasteiger partial charge on any atom is -0.305 e. The first-order valence-electron chi connectivity index (χ1n) is 25.6. The zero-order chi connectivity index (χ0) is 54.4. The fraction of sp³-hybridized carbons (Fsp3) is 0.111. The van der Waals surface area contributed by atoms with Gasteiger partial charge in [0, 0.05) is 74.6 Å². The van der Waals surface area contributed by atoms with E-state index in [-0.39, 0.29) is 51.3 Å². The number of nitrogens with zero attached hydrogens (tertiary/aromatic N) is 4. The quantitative estimate of drug-likeness (QED) is 0.135. The summed E-state index contributed by atoms with van der Waals surface area (Å²) >= 11 is 0. The Morgan fingerprint density at radius 3 is 1.24 bits per heavy atom. The van der Waals surface area contributed by atoms with E-state index in [9.17, 15) is 8.78 Å². The first-order valence-corrected chi connectivity index (χ1v) is 22.1. The number of halogens is 2. The Bertz CT molecular complexity index is 3110. The molecule has 0 bridgehead atoms. The number of hydrogen-bond acceptors (Lipinski definition) is 4. The van der Waals surface area contributed by atoms with Crippen molar-refractivity contribution in [1.82, 2.24) is 19.9 Å². The van der Waals surface area contributed by atoms with Gasteiger partial charge in [-0.3, -0.25) is 0 Å². The zero-order valence-electron chi connectivity index (χ0n) is 46.0. The summed E-state index contributed by atoms with van der Waals surface area (Å²) in [7, 11) is 0. The molecular formula is C63H52F2Ir2N4-4. The molecule has 0 saturated carbocycles. The van der Waals surface area contributed by atoms with E-state index in [1.165, 1.54) is 45.0 Å². The van der Waals surface area contributed by atoms with Crippen molar-refractivity contribution < 1.29 is 58.6 Å². The molecule has 0 saturated heterocycles. The van der Waals surface area contributed by atoms with Crippen molar-refractivity contribution in [2.45, 2.75) is 39.9 Å². The first kappa shape index (κ1) is 45.2. The zero-order valence-corrected chi connectivity index (χ0v) is 43.8. The van der Waals surface area contributed by atoms with Crippen molar-refractivity contribution in [3.05, 3.63) is 266 Å². The molecule has 2 radical (unpaired) electrons. The molecule has 0 amide bonds. The van der Waals surface area contributed by atoms with E-state index in [4.69, 9.17) is 9.60 Å². The summed E-state index contributed by atoms with van der Waals surface area (Å²) in [5, 5.41) is 0. The van der Waals surface area contributed by atoms with Crippen LogP contribution in [0.1, 0.15) is 54.2 Å². The van der Waals surface area contributed by atoms with Crippen molar-refractivity contribution in [1.29, 1.82) is 0 Å².